The second-order valence-corrected chi connectivity index (χ2v) is 10.7. The van der Waals surface area contributed by atoms with Crippen molar-refractivity contribution in [2.45, 2.75) is 43.0 Å². The minimum atomic E-state index is -0.135. The van der Waals surface area contributed by atoms with Crippen molar-refractivity contribution in [3.8, 4) is 11.4 Å². The van der Waals surface area contributed by atoms with Gasteiger partial charge in [0.2, 0.25) is 0 Å². The van der Waals surface area contributed by atoms with Gasteiger partial charge in [0.05, 0.1) is 22.0 Å². The normalized spacial score (nSPS) is 14.3. The van der Waals surface area contributed by atoms with E-state index in [0.29, 0.717) is 11.0 Å². The highest BCUT2D eigenvalue weighted by atomic mass is 32.2. The molecule has 0 aliphatic heterocycles. The monoisotopic (exact) mass is 486 g/mol. The number of thiophene rings is 1. The molecule has 2 aromatic carbocycles. The molecule has 0 saturated heterocycles. The number of thioether (sulfide) groups is 1. The van der Waals surface area contributed by atoms with Gasteiger partial charge in [-0.3, -0.25) is 9.36 Å². The van der Waals surface area contributed by atoms with Crippen molar-refractivity contribution in [3.63, 3.8) is 0 Å². The molecule has 170 valence electrons. The van der Waals surface area contributed by atoms with Gasteiger partial charge >= 0.3 is 0 Å². The lowest BCUT2D eigenvalue weighted by molar-refractivity contribution is 0.699. The molecule has 1 aliphatic carbocycles. The Morgan fingerprint density at radius 1 is 0.971 bits per heavy atom. The first-order valence-electron chi connectivity index (χ1n) is 11.3. The number of tetrazole rings is 1. The fraction of sp³-hybridized carbons (Fsp3) is 0.240. The molecule has 0 radical (unpaired) electrons. The number of aryl methyl sites for hydroxylation is 2. The zero-order valence-electron chi connectivity index (χ0n) is 18.6. The van der Waals surface area contributed by atoms with E-state index >= 15 is 0 Å². The fourth-order valence-corrected chi connectivity index (χ4v) is 6.80. The summed E-state index contributed by atoms with van der Waals surface area (Å²) in [6.07, 6.45) is 4.29. The number of benzene rings is 2. The summed E-state index contributed by atoms with van der Waals surface area (Å²) >= 11 is 3.17. The molecule has 1 atom stereocenters. The second-order valence-electron chi connectivity index (χ2n) is 8.31. The van der Waals surface area contributed by atoms with E-state index in [0.717, 1.165) is 40.9 Å². The van der Waals surface area contributed by atoms with Crippen LogP contribution in [0.3, 0.4) is 0 Å². The zero-order chi connectivity index (χ0) is 23.1. The Balaban J connectivity index is 1.48. The lowest BCUT2D eigenvalue weighted by Gasteiger charge is -2.16. The van der Waals surface area contributed by atoms with E-state index in [2.05, 4.69) is 15.5 Å². The molecule has 1 aliphatic rings. The highest BCUT2D eigenvalue weighted by molar-refractivity contribution is 7.99. The van der Waals surface area contributed by atoms with Crippen molar-refractivity contribution in [3.05, 3.63) is 87.3 Å². The molecule has 6 rings (SSSR count). The number of hydrogen-bond donors (Lipinski definition) is 0. The maximum absolute atomic E-state index is 13.9. The SMILES string of the molecule is CC(Sc1nc2sc3c(c2c(=O)n1-c1ccccc1)CCCC3)c1nnnn1-c1ccccc1. The smallest absolute Gasteiger partial charge is 0.267 e. The first-order valence-corrected chi connectivity index (χ1v) is 13.0. The average molecular weight is 487 g/mol. The summed E-state index contributed by atoms with van der Waals surface area (Å²) in [5, 5.41) is 13.7. The third kappa shape index (κ3) is 3.65. The van der Waals surface area contributed by atoms with E-state index in [-0.39, 0.29) is 10.8 Å². The summed E-state index contributed by atoms with van der Waals surface area (Å²) in [6, 6.07) is 19.6. The molecule has 0 amide bonds. The Hall–Kier alpha value is -3.30. The molecule has 3 aromatic heterocycles. The van der Waals surface area contributed by atoms with Gasteiger partial charge in [-0.2, -0.15) is 4.68 Å². The molecule has 0 spiro atoms. The van der Waals surface area contributed by atoms with Gasteiger partial charge in [0.1, 0.15) is 4.83 Å². The van der Waals surface area contributed by atoms with E-state index in [1.807, 2.05) is 67.6 Å². The van der Waals surface area contributed by atoms with Crippen molar-refractivity contribution in [2.24, 2.45) is 0 Å². The van der Waals surface area contributed by atoms with Crippen molar-refractivity contribution >= 4 is 33.3 Å². The van der Waals surface area contributed by atoms with Gasteiger partial charge in [-0.15, -0.1) is 16.4 Å². The number of fused-ring (bicyclic) bond motifs is 3. The predicted octanol–water partition coefficient (Wildman–Crippen LogP) is 5.16. The molecule has 34 heavy (non-hydrogen) atoms. The third-order valence-corrected chi connectivity index (χ3v) is 8.35. The van der Waals surface area contributed by atoms with Gasteiger partial charge in [0.25, 0.3) is 5.56 Å². The molecule has 7 nitrogen and oxygen atoms in total. The fourth-order valence-electron chi connectivity index (χ4n) is 4.48. The first kappa shape index (κ1) is 21.2. The van der Waals surface area contributed by atoms with Crippen molar-refractivity contribution in [1.82, 2.24) is 29.8 Å². The molecule has 9 heteroatoms. The largest absolute Gasteiger partial charge is 0.268 e. The predicted molar refractivity (Wildman–Crippen MR) is 135 cm³/mol. The highest BCUT2D eigenvalue weighted by Crippen LogP contribution is 2.38. The van der Waals surface area contributed by atoms with Crippen molar-refractivity contribution in [2.75, 3.05) is 0 Å². The third-order valence-electron chi connectivity index (χ3n) is 6.11. The van der Waals surface area contributed by atoms with Crippen LogP contribution in [0, 0.1) is 0 Å². The molecule has 0 fully saturated rings. The van der Waals surface area contributed by atoms with Gasteiger partial charge in [-0.1, -0.05) is 48.2 Å². The van der Waals surface area contributed by atoms with Crippen molar-refractivity contribution < 1.29 is 0 Å². The zero-order valence-corrected chi connectivity index (χ0v) is 20.2. The Bertz CT molecular complexity index is 1520. The second kappa shape index (κ2) is 8.81. The van der Waals surface area contributed by atoms with Crippen LogP contribution in [0.15, 0.2) is 70.6 Å². The van der Waals surface area contributed by atoms with E-state index in [1.54, 1.807) is 20.6 Å². The number of aromatic nitrogens is 6. The standard InChI is InChI=1S/C25H22N6OS2/c1-16(22-27-28-29-31(22)18-12-6-3-7-13-18)33-25-26-23-21(19-14-8-9-15-20(19)34-23)24(32)30(25)17-10-4-2-5-11-17/h2-7,10-13,16H,8-9,14-15H2,1H3. The Morgan fingerprint density at radius 3 is 2.44 bits per heavy atom. The molecule has 0 N–H and O–H groups in total. The highest BCUT2D eigenvalue weighted by Gasteiger charge is 2.25. The van der Waals surface area contributed by atoms with E-state index in [4.69, 9.17) is 4.98 Å². The molecule has 3 heterocycles. The summed E-state index contributed by atoms with van der Waals surface area (Å²) in [5.41, 5.74) is 2.92. The van der Waals surface area contributed by atoms with Crippen LogP contribution in [0.5, 0.6) is 0 Å². The van der Waals surface area contributed by atoms with Crippen LogP contribution in [-0.4, -0.2) is 29.8 Å². The van der Waals surface area contributed by atoms with Crippen LogP contribution < -0.4 is 5.56 Å². The minimum Gasteiger partial charge on any atom is -0.268 e. The van der Waals surface area contributed by atoms with Gasteiger partial charge in [0.15, 0.2) is 11.0 Å². The molecule has 1 unspecified atom stereocenters. The van der Waals surface area contributed by atoms with E-state index in [1.165, 1.54) is 28.6 Å². The molecule has 0 bridgehead atoms. The quantitative estimate of drug-likeness (QED) is 0.252. The van der Waals surface area contributed by atoms with Crippen LogP contribution in [-0.2, 0) is 12.8 Å². The summed E-state index contributed by atoms with van der Waals surface area (Å²) in [6.45, 7) is 2.04. The molecule has 5 aromatic rings. The average Bonchev–Trinajstić information content (AvgIpc) is 3.50. The van der Waals surface area contributed by atoms with Gasteiger partial charge in [-0.05, 0) is 72.9 Å². The van der Waals surface area contributed by atoms with Gasteiger partial charge in [-0.25, -0.2) is 4.98 Å². The van der Waals surface area contributed by atoms with Crippen LogP contribution in [0.25, 0.3) is 21.6 Å². The molecular formula is C25H22N6OS2. The van der Waals surface area contributed by atoms with Crippen LogP contribution >= 0.6 is 23.1 Å². The molecule has 0 saturated carbocycles. The lowest BCUT2D eigenvalue weighted by atomic mass is 9.97. The topological polar surface area (TPSA) is 78.5 Å². The van der Waals surface area contributed by atoms with Crippen molar-refractivity contribution in [1.29, 1.82) is 0 Å². The van der Waals surface area contributed by atoms with Crippen LogP contribution in [0.2, 0.25) is 0 Å². The maximum atomic E-state index is 13.9. The summed E-state index contributed by atoms with van der Waals surface area (Å²) < 4.78 is 3.49. The first-order chi connectivity index (χ1) is 16.7. The number of rotatable bonds is 5. The molecular weight excluding hydrogens is 464 g/mol. The van der Waals surface area contributed by atoms with Gasteiger partial charge < -0.3 is 0 Å². The lowest BCUT2D eigenvalue weighted by Crippen LogP contribution is -2.22. The Labute approximate surface area is 204 Å². The minimum absolute atomic E-state index is 0.00736. The summed E-state index contributed by atoms with van der Waals surface area (Å²) in [7, 11) is 0. The van der Waals surface area contributed by atoms with Crippen LogP contribution in [0.4, 0.5) is 0 Å². The van der Waals surface area contributed by atoms with Gasteiger partial charge in [0, 0.05) is 4.88 Å². The summed E-state index contributed by atoms with van der Waals surface area (Å²) in [4.78, 5) is 21.1. The Morgan fingerprint density at radius 2 is 1.68 bits per heavy atom. The number of hydrogen-bond acceptors (Lipinski definition) is 7. The van der Waals surface area contributed by atoms with E-state index in [9.17, 15) is 4.79 Å². The maximum Gasteiger partial charge on any atom is 0.267 e. The number of nitrogens with zero attached hydrogens (tertiary/aromatic N) is 6. The van der Waals surface area contributed by atoms with Crippen LogP contribution in [0.1, 0.15) is 41.3 Å². The number of para-hydroxylation sites is 2. The summed E-state index contributed by atoms with van der Waals surface area (Å²) in [5.74, 6) is 0.704. The van der Waals surface area contributed by atoms with E-state index < -0.39 is 0 Å². The Kier molecular flexibility index (Phi) is 5.50.